The molecule has 1 aromatic heterocycles. The van der Waals surface area contributed by atoms with Gasteiger partial charge in [-0.25, -0.2) is 9.37 Å². The minimum atomic E-state index is -0.368. The highest BCUT2D eigenvalue weighted by Gasteiger charge is 2.22. The molecule has 3 aromatic rings. The lowest BCUT2D eigenvalue weighted by Gasteiger charge is -2.14. The lowest BCUT2D eigenvalue weighted by molar-refractivity contribution is 0.287. The number of halogens is 1. The van der Waals surface area contributed by atoms with Gasteiger partial charge in [0.2, 0.25) is 0 Å². The van der Waals surface area contributed by atoms with Crippen molar-refractivity contribution in [2.45, 2.75) is 52.1 Å². The fourth-order valence-corrected chi connectivity index (χ4v) is 3.79. The summed E-state index contributed by atoms with van der Waals surface area (Å²) in [5.74, 6) is 1.09. The maximum Gasteiger partial charge on any atom is 0.197 e. The predicted octanol–water partition coefficient (Wildman–Crippen LogP) is 6.33. The van der Waals surface area contributed by atoms with E-state index in [1.54, 1.807) is 12.3 Å². The van der Waals surface area contributed by atoms with Gasteiger partial charge in [0.05, 0.1) is 0 Å². The molecule has 3 nitrogen and oxygen atoms in total. The van der Waals surface area contributed by atoms with Crippen LogP contribution in [0.3, 0.4) is 0 Å². The van der Waals surface area contributed by atoms with E-state index in [0.29, 0.717) is 11.6 Å². The molecule has 0 atom stereocenters. The third kappa shape index (κ3) is 3.75. The van der Waals surface area contributed by atoms with Crippen LogP contribution in [0.5, 0.6) is 5.75 Å². The Morgan fingerprint density at radius 2 is 1.93 bits per heavy atom. The number of benzene rings is 2. The zero-order valence-electron chi connectivity index (χ0n) is 15.8. The van der Waals surface area contributed by atoms with E-state index in [1.165, 1.54) is 18.9 Å². The van der Waals surface area contributed by atoms with Crippen molar-refractivity contribution in [2.24, 2.45) is 0 Å². The predicted molar refractivity (Wildman–Crippen MR) is 103 cm³/mol. The lowest BCUT2D eigenvalue weighted by Crippen LogP contribution is -2.01. The van der Waals surface area contributed by atoms with Gasteiger partial charge in [-0.2, -0.15) is 0 Å². The smallest absolute Gasteiger partial charge is 0.197 e. The molecule has 0 aliphatic heterocycles. The molecule has 1 aliphatic carbocycles. The molecular weight excluding hydrogens is 341 g/mol. The molecule has 1 heterocycles. The normalized spacial score (nSPS) is 14.6. The van der Waals surface area contributed by atoms with Gasteiger partial charge in [-0.3, -0.25) is 0 Å². The molecule has 0 saturated heterocycles. The summed E-state index contributed by atoms with van der Waals surface area (Å²) in [5, 5.41) is 0. The van der Waals surface area contributed by atoms with Gasteiger partial charge in [-0.15, -0.1) is 0 Å². The average molecular weight is 365 g/mol. The van der Waals surface area contributed by atoms with Crippen molar-refractivity contribution < 1.29 is 13.5 Å². The molecule has 1 aliphatic rings. The van der Waals surface area contributed by atoms with Crippen LogP contribution >= 0.6 is 0 Å². The SMILES string of the molecule is Cc1ccc(C)c(-c2cccc(F)c2OCc2coc(C3CCCC3)n2)c1. The Hall–Kier alpha value is -2.62. The summed E-state index contributed by atoms with van der Waals surface area (Å²) >= 11 is 0. The number of para-hydroxylation sites is 1. The van der Waals surface area contributed by atoms with E-state index < -0.39 is 0 Å². The number of aryl methyl sites for hydroxylation is 2. The van der Waals surface area contributed by atoms with Crippen LogP contribution < -0.4 is 4.74 Å². The Bertz CT molecular complexity index is 941. The van der Waals surface area contributed by atoms with Crippen molar-refractivity contribution in [2.75, 3.05) is 0 Å². The quantitative estimate of drug-likeness (QED) is 0.529. The first kappa shape index (κ1) is 17.8. The second kappa shape index (κ2) is 7.55. The monoisotopic (exact) mass is 365 g/mol. The van der Waals surface area contributed by atoms with Crippen LogP contribution in [0.2, 0.25) is 0 Å². The third-order valence-corrected chi connectivity index (χ3v) is 5.29. The van der Waals surface area contributed by atoms with Gasteiger partial charge in [-0.05, 0) is 43.9 Å². The number of hydrogen-bond donors (Lipinski definition) is 0. The minimum absolute atomic E-state index is 0.190. The van der Waals surface area contributed by atoms with Crippen LogP contribution in [0, 0.1) is 19.7 Å². The summed E-state index contributed by atoms with van der Waals surface area (Å²) in [6.07, 6.45) is 6.35. The van der Waals surface area contributed by atoms with Gasteiger partial charge < -0.3 is 9.15 Å². The van der Waals surface area contributed by atoms with Crippen molar-refractivity contribution >= 4 is 0 Å². The van der Waals surface area contributed by atoms with Crippen LogP contribution in [0.1, 0.15) is 54.3 Å². The number of ether oxygens (including phenoxy) is 1. The highest BCUT2D eigenvalue weighted by Crippen LogP contribution is 2.36. The van der Waals surface area contributed by atoms with E-state index in [-0.39, 0.29) is 18.2 Å². The van der Waals surface area contributed by atoms with Crippen molar-refractivity contribution in [3.05, 3.63) is 71.2 Å². The fourth-order valence-electron chi connectivity index (χ4n) is 3.79. The number of oxazole rings is 1. The minimum Gasteiger partial charge on any atom is -0.483 e. The van der Waals surface area contributed by atoms with Crippen LogP contribution in [-0.4, -0.2) is 4.98 Å². The number of aromatic nitrogens is 1. The summed E-state index contributed by atoms with van der Waals surface area (Å²) < 4.78 is 26.1. The van der Waals surface area contributed by atoms with Crippen molar-refractivity contribution in [1.29, 1.82) is 0 Å². The molecule has 1 saturated carbocycles. The Morgan fingerprint density at radius 1 is 1.11 bits per heavy atom. The van der Waals surface area contributed by atoms with E-state index >= 15 is 0 Å². The molecule has 0 unspecified atom stereocenters. The number of hydrogen-bond acceptors (Lipinski definition) is 3. The maximum absolute atomic E-state index is 14.6. The Labute approximate surface area is 159 Å². The fraction of sp³-hybridized carbons (Fsp3) is 0.348. The molecule has 4 heteroatoms. The second-order valence-electron chi connectivity index (χ2n) is 7.38. The van der Waals surface area contributed by atoms with Gasteiger partial charge >= 0.3 is 0 Å². The third-order valence-electron chi connectivity index (χ3n) is 5.29. The Kier molecular flexibility index (Phi) is 4.97. The molecular formula is C23H24FNO2. The van der Waals surface area contributed by atoms with Gasteiger partial charge in [0.1, 0.15) is 18.6 Å². The van der Waals surface area contributed by atoms with Gasteiger partial charge in [0.15, 0.2) is 17.5 Å². The molecule has 1 fully saturated rings. The highest BCUT2D eigenvalue weighted by molar-refractivity contribution is 5.74. The zero-order valence-corrected chi connectivity index (χ0v) is 15.8. The van der Waals surface area contributed by atoms with E-state index in [1.807, 2.05) is 26.0 Å². The van der Waals surface area contributed by atoms with E-state index in [0.717, 1.165) is 41.0 Å². The average Bonchev–Trinajstić information content (AvgIpc) is 3.34. The van der Waals surface area contributed by atoms with Gasteiger partial charge in [0, 0.05) is 11.5 Å². The van der Waals surface area contributed by atoms with Gasteiger partial charge in [-0.1, -0.05) is 48.7 Å². The molecule has 0 bridgehead atoms. The Balaban J connectivity index is 1.58. The molecule has 27 heavy (non-hydrogen) atoms. The Morgan fingerprint density at radius 3 is 2.74 bits per heavy atom. The molecule has 4 rings (SSSR count). The van der Waals surface area contributed by atoms with Crippen LogP contribution in [-0.2, 0) is 6.61 Å². The molecule has 0 amide bonds. The molecule has 140 valence electrons. The highest BCUT2D eigenvalue weighted by atomic mass is 19.1. The second-order valence-corrected chi connectivity index (χ2v) is 7.38. The standard InChI is InChI=1S/C23H24FNO2/c1-15-10-11-16(2)20(12-15)19-8-5-9-21(24)22(19)26-13-18-14-27-23(25-18)17-6-3-4-7-17/h5,8-12,14,17H,3-4,6-7,13H2,1-2H3. The van der Waals surface area contributed by atoms with Crippen LogP contribution in [0.4, 0.5) is 4.39 Å². The summed E-state index contributed by atoms with van der Waals surface area (Å²) in [4.78, 5) is 4.56. The molecule has 0 N–H and O–H groups in total. The first-order chi connectivity index (χ1) is 13.1. The van der Waals surface area contributed by atoms with Gasteiger partial charge in [0.25, 0.3) is 0 Å². The van der Waals surface area contributed by atoms with E-state index in [2.05, 4.69) is 17.1 Å². The first-order valence-corrected chi connectivity index (χ1v) is 9.55. The summed E-state index contributed by atoms with van der Waals surface area (Å²) in [5.41, 5.74) is 4.66. The molecule has 0 spiro atoms. The van der Waals surface area contributed by atoms with Crippen molar-refractivity contribution in [3.63, 3.8) is 0 Å². The number of nitrogens with zero attached hydrogens (tertiary/aromatic N) is 1. The van der Waals surface area contributed by atoms with E-state index in [9.17, 15) is 4.39 Å². The molecule has 2 aromatic carbocycles. The summed E-state index contributed by atoms with van der Waals surface area (Å²) in [6, 6.07) is 11.2. The summed E-state index contributed by atoms with van der Waals surface area (Å²) in [6.45, 7) is 4.24. The largest absolute Gasteiger partial charge is 0.483 e. The lowest BCUT2D eigenvalue weighted by atomic mass is 9.97. The van der Waals surface area contributed by atoms with Crippen molar-refractivity contribution in [3.8, 4) is 16.9 Å². The van der Waals surface area contributed by atoms with Crippen LogP contribution in [0.25, 0.3) is 11.1 Å². The summed E-state index contributed by atoms with van der Waals surface area (Å²) in [7, 11) is 0. The van der Waals surface area contributed by atoms with Crippen LogP contribution in [0.15, 0.2) is 47.1 Å². The topological polar surface area (TPSA) is 35.3 Å². The number of rotatable bonds is 5. The zero-order chi connectivity index (χ0) is 18.8. The van der Waals surface area contributed by atoms with Crippen molar-refractivity contribution in [1.82, 2.24) is 4.98 Å². The molecule has 0 radical (unpaired) electrons. The maximum atomic E-state index is 14.6. The van der Waals surface area contributed by atoms with E-state index in [4.69, 9.17) is 9.15 Å². The first-order valence-electron chi connectivity index (χ1n) is 9.55.